The number of carbonyl (C=O) groups is 1. The van der Waals surface area contributed by atoms with E-state index in [4.69, 9.17) is 56.9 Å². The molecule has 0 saturated carbocycles. The number of carbonyl (C=O) groups excluding carboxylic acids is 2. The first-order valence-electron chi connectivity index (χ1n) is 22.1. The second-order valence-electron chi connectivity index (χ2n) is 16.9. The van der Waals surface area contributed by atoms with Crippen LogP contribution < -0.4 is 16.9 Å². The molecule has 0 radical (unpaired) electrons. The first-order chi connectivity index (χ1) is 33.6. The van der Waals surface area contributed by atoms with Gasteiger partial charge in [-0.1, -0.05) is 162 Å². The van der Waals surface area contributed by atoms with Crippen molar-refractivity contribution in [2.24, 2.45) is 31.4 Å². The molecule has 18 heteroatoms. The molecule has 0 spiro atoms. The number of isocyanates is 1. The maximum Gasteiger partial charge on any atom is 0.335 e. The molecule has 13 nitrogen and oxygen atoms in total. The van der Waals surface area contributed by atoms with Gasteiger partial charge in [0.05, 0.1) is 36.1 Å². The zero-order valence-electron chi connectivity index (χ0n) is 39.6. The third kappa shape index (κ3) is 17.7. The van der Waals surface area contributed by atoms with E-state index in [0.717, 1.165) is 51.0 Å². The molecule has 3 heterocycles. The van der Waals surface area contributed by atoms with Gasteiger partial charge in [0, 0.05) is 39.4 Å². The van der Waals surface area contributed by atoms with Gasteiger partial charge in [-0.3, -0.25) is 5.41 Å². The number of hydrazone groups is 3. The zero-order chi connectivity index (χ0) is 50.6. The third-order valence-corrected chi connectivity index (χ3v) is 11.9. The van der Waals surface area contributed by atoms with E-state index < -0.39 is 14.3 Å². The van der Waals surface area contributed by atoms with Crippen molar-refractivity contribution in [2.45, 2.75) is 44.3 Å². The molecule has 3 unspecified atom stereocenters. The van der Waals surface area contributed by atoms with Crippen molar-refractivity contribution in [1.82, 2.24) is 15.4 Å². The lowest BCUT2D eigenvalue weighted by molar-refractivity contribution is 0.214. The number of nitrogens with one attached hydrogen (secondary N) is 2. The smallest absolute Gasteiger partial charge is 0.335 e. The van der Waals surface area contributed by atoms with Crippen LogP contribution in [0.3, 0.4) is 0 Å². The summed E-state index contributed by atoms with van der Waals surface area (Å²) in [4.78, 5) is 21.0. The minimum absolute atomic E-state index is 0. The summed E-state index contributed by atoms with van der Waals surface area (Å²) in [7, 11) is -1.46. The number of urea groups is 1. The van der Waals surface area contributed by atoms with Gasteiger partial charge < -0.3 is 16.9 Å². The molecule has 366 valence electrons. The SMILES string of the molecule is CC(=N)N.C[Si](C)(C)N=C=O.Cl.Clc1ccc(C2=NNCC2c2ccccc2)cc1.N#CN1CC(c2ccccc2)C(c2ccc(Cl)cc2)=N1.NC(=O)N1CC(c2ccccc2)C(c2ccc(Cl)cc2)=N1. The zero-order valence-corrected chi connectivity index (χ0v) is 43.7. The highest BCUT2D eigenvalue weighted by Gasteiger charge is 2.32. The van der Waals surface area contributed by atoms with Crippen LogP contribution in [0.4, 0.5) is 4.79 Å². The van der Waals surface area contributed by atoms with Crippen molar-refractivity contribution < 1.29 is 9.59 Å². The molecule has 0 aromatic heterocycles. The van der Waals surface area contributed by atoms with Crippen LogP contribution in [0.1, 0.15) is 58.1 Å². The van der Waals surface area contributed by atoms with Crippen molar-refractivity contribution >= 4 is 90.5 Å². The molecule has 0 aliphatic carbocycles. The predicted molar refractivity (Wildman–Crippen MR) is 294 cm³/mol. The average Bonchev–Trinajstić information content (AvgIpc) is 4.14. The number of rotatable bonds is 7. The summed E-state index contributed by atoms with van der Waals surface area (Å²) < 4.78 is 3.59. The molecular weight excluding hydrogens is 993 g/mol. The van der Waals surface area contributed by atoms with E-state index >= 15 is 0 Å². The predicted octanol–water partition coefficient (Wildman–Crippen LogP) is 11.8. The highest BCUT2D eigenvalue weighted by atomic mass is 35.5. The molecule has 3 aliphatic heterocycles. The van der Waals surface area contributed by atoms with E-state index in [0.29, 0.717) is 29.1 Å². The number of hydrogen-bond acceptors (Lipinski definition) is 10. The quantitative estimate of drug-likeness (QED) is 0.0403. The van der Waals surface area contributed by atoms with Crippen LogP contribution in [-0.4, -0.2) is 73.0 Å². The maximum atomic E-state index is 11.4. The normalized spacial score (nSPS) is 16.2. The molecule has 2 amide bonds. The number of amidine groups is 1. The molecule has 71 heavy (non-hydrogen) atoms. The standard InChI is InChI=1S/C16H14ClN3O.C16H12ClN3.C15H13ClN2.C4H9NOSi.C2H6N2.ClH/c17-13-8-6-12(7-9-13)15-14(10-20(19-15)16(18)21)11-4-2-1-3-5-11;17-14-8-6-13(7-9-14)16-15(10-20(11-18)19-16)12-4-2-1-3-5-12;16-13-8-6-12(7-9-13)15-14(10-17-18-15)11-4-2-1-3-5-11;1-7(2,3)5-4-6;1-2(3)4;/h1-9,14H,10H2,(H2,18,21);1-9,15H,10H2;1-9,14,17H,10H2;1-3H3;1H3,(H3,3,4);1H. The number of nitrogens with two attached hydrogens (primary N) is 2. The molecule has 0 saturated heterocycles. The number of nitrogens with zero attached hydrogens (tertiary/aromatic N) is 7. The number of benzene rings is 6. The summed E-state index contributed by atoms with van der Waals surface area (Å²) in [5.41, 5.74) is 22.6. The summed E-state index contributed by atoms with van der Waals surface area (Å²) in [6, 6.07) is 52.8. The number of hydrogen-bond donors (Lipinski definition) is 4. The average molecular weight is 1050 g/mol. The third-order valence-electron chi connectivity index (χ3n) is 10.4. The summed E-state index contributed by atoms with van der Waals surface area (Å²) in [5, 5.41) is 33.4. The van der Waals surface area contributed by atoms with Crippen LogP contribution in [0.2, 0.25) is 34.7 Å². The molecule has 6 N–H and O–H groups in total. The van der Waals surface area contributed by atoms with Crippen molar-refractivity contribution in [3.8, 4) is 6.19 Å². The van der Waals surface area contributed by atoms with Crippen LogP contribution in [-0.2, 0) is 4.79 Å². The lowest BCUT2D eigenvalue weighted by Gasteiger charge is -2.13. The van der Waals surface area contributed by atoms with E-state index in [2.05, 4.69) is 68.0 Å². The second-order valence-corrected chi connectivity index (χ2v) is 22.8. The fourth-order valence-corrected chi connectivity index (χ4v) is 7.89. The molecule has 0 bridgehead atoms. The Balaban J connectivity index is 0.000000208. The Morgan fingerprint density at radius 3 is 1.37 bits per heavy atom. The molecular formula is C53H55Cl4N11O2Si. The topological polar surface area (TPSA) is 202 Å². The number of amides is 2. The van der Waals surface area contributed by atoms with Crippen LogP contribution in [0.25, 0.3) is 0 Å². The van der Waals surface area contributed by atoms with Gasteiger partial charge in [-0.05, 0) is 96.3 Å². The maximum absolute atomic E-state index is 11.4. The van der Waals surface area contributed by atoms with Gasteiger partial charge in [-0.2, -0.15) is 25.6 Å². The monoisotopic (exact) mass is 1050 g/mol. The highest BCUT2D eigenvalue weighted by molar-refractivity contribution is 6.74. The van der Waals surface area contributed by atoms with Gasteiger partial charge in [0.1, 0.15) is 0 Å². The Morgan fingerprint density at radius 1 is 0.648 bits per heavy atom. The largest absolute Gasteiger partial charge is 0.388 e. The Hall–Kier alpha value is -7.08. The molecule has 6 aromatic rings. The van der Waals surface area contributed by atoms with Crippen LogP contribution >= 0.6 is 47.2 Å². The fourth-order valence-electron chi connectivity index (χ4n) is 7.24. The summed E-state index contributed by atoms with van der Waals surface area (Å²) in [6.07, 6.45) is 3.64. The minimum atomic E-state index is -1.46. The summed E-state index contributed by atoms with van der Waals surface area (Å²) >= 11 is 17.8. The molecule has 3 atom stereocenters. The van der Waals surface area contributed by atoms with Gasteiger partial charge >= 0.3 is 6.03 Å². The van der Waals surface area contributed by atoms with Crippen molar-refractivity contribution in [3.63, 3.8) is 0 Å². The number of halogens is 4. The van der Waals surface area contributed by atoms with Crippen molar-refractivity contribution in [2.75, 3.05) is 19.6 Å². The van der Waals surface area contributed by atoms with E-state index in [1.165, 1.54) is 28.1 Å². The van der Waals surface area contributed by atoms with Gasteiger partial charge in [0.15, 0.2) is 8.24 Å². The van der Waals surface area contributed by atoms with Crippen LogP contribution in [0.5, 0.6) is 0 Å². The van der Waals surface area contributed by atoms with Gasteiger partial charge in [-0.25, -0.2) is 19.3 Å². The van der Waals surface area contributed by atoms with Gasteiger partial charge in [-0.15, -0.1) is 12.4 Å². The summed E-state index contributed by atoms with van der Waals surface area (Å²) in [5.74, 6) is 0.601. The van der Waals surface area contributed by atoms with Crippen molar-refractivity contribution in [1.29, 1.82) is 10.7 Å². The lowest BCUT2D eigenvalue weighted by Crippen LogP contribution is -2.30. The van der Waals surface area contributed by atoms with E-state index in [1.807, 2.05) is 147 Å². The van der Waals surface area contributed by atoms with Crippen LogP contribution in [0.15, 0.2) is 184 Å². The molecule has 9 rings (SSSR count). The lowest BCUT2D eigenvalue weighted by atomic mass is 9.91. The Labute approximate surface area is 437 Å². The Kier molecular flexibility index (Phi) is 22.2. The fraction of sp³-hybridized carbons (Fsp3) is 0.189. The number of primary amides is 1. The molecule has 3 aliphatic rings. The second kappa shape index (κ2) is 27.9. The minimum Gasteiger partial charge on any atom is -0.388 e. The van der Waals surface area contributed by atoms with E-state index in [-0.39, 0.29) is 30.1 Å². The Bertz CT molecular complexity index is 2830. The van der Waals surface area contributed by atoms with Crippen molar-refractivity contribution in [3.05, 3.63) is 212 Å². The number of nitriles is 1. The first kappa shape index (κ1) is 56.5. The van der Waals surface area contributed by atoms with E-state index in [9.17, 15) is 9.59 Å². The molecule has 0 fully saturated rings. The molecule has 6 aromatic carbocycles. The van der Waals surface area contributed by atoms with E-state index in [1.54, 1.807) is 6.08 Å². The summed E-state index contributed by atoms with van der Waals surface area (Å²) in [6.45, 7) is 9.37. The van der Waals surface area contributed by atoms with Crippen LogP contribution in [0, 0.1) is 16.9 Å². The highest BCUT2D eigenvalue weighted by Crippen LogP contribution is 2.31. The first-order valence-corrected chi connectivity index (χ1v) is 26.7. The Morgan fingerprint density at radius 2 is 1.01 bits per heavy atom. The van der Waals surface area contributed by atoms with Gasteiger partial charge in [0.25, 0.3) is 0 Å². The van der Waals surface area contributed by atoms with Gasteiger partial charge in [0.2, 0.25) is 12.3 Å².